The van der Waals surface area contributed by atoms with Gasteiger partial charge in [0.2, 0.25) is 0 Å². The molecule has 0 aliphatic carbocycles. The predicted molar refractivity (Wildman–Crippen MR) is 47.8 cm³/mol. The SMILES string of the molecule is I[Te](I)I. The Balaban J connectivity index is 2.32. The van der Waals surface area contributed by atoms with Crippen LogP contribution in [0.15, 0.2) is 0 Å². The standard InChI is InChI=1S/I3Te/c1-4(2)3. The topological polar surface area (TPSA) is 0 Å². The van der Waals surface area contributed by atoms with Crippen molar-refractivity contribution in [2.75, 3.05) is 0 Å². The van der Waals surface area contributed by atoms with Gasteiger partial charge in [-0.1, -0.05) is 0 Å². The van der Waals surface area contributed by atoms with Crippen molar-refractivity contribution in [1.29, 1.82) is 0 Å². The molecule has 4 heavy (non-hydrogen) atoms. The van der Waals surface area contributed by atoms with E-state index in [0.29, 0.717) is 0 Å². The second kappa shape index (κ2) is 4.15. The molecule has 0 aromatic rings. The Kier molecular flexibility index (Phi) is 7.24. The molecule has 0 saturated carbocycles. The summed E-state index contributed by atoms with van der Waals surface area (Å²) in [5.74, 6) is 0. The molecule has 0 fully saturated rings. The zero-order valence-electron chi connectivity index (χ0n) is 1.54. The molecule has 0 N–H and O–H groups in total. The molecule has 1 radical (unpaired) electrons. The van der Waals surface area contributed by atoms with Gasteiger partial charge in [-0.05, 0) is 0 Å². The zero-order valence-corrected chi connectivity index (χ0v) is 10.3. The summed E-state index contributed by atoms with van der Waals surface area (Å²) >= 11 is 7.46. The maximum absolute atomic E-state index is 2.49. The molecule has 0 unspecified atom stereocenters. The monoisotopic (exact) mass is 511 g/mol. The predicted octanol–water partition coefficient (Wildman–Crippen LogP) is 2.28. The first-order valence-electron chi connectivity index (χ1n) is 0.463. The molecular weight excluding hydrogens is 508 g/mol. The Morgan fingerprint density at radius 3 is 1.00 bits per heavy atom. The van der Waals surface area contributed by atoms with Crippen LogP contribution in [0.4, 0.5) is 0 Å². The first-order valence-corrected chi connectivity index (χ1v) is 20.8. The van der Waals surface area contributed by atoms with E-state index in [9.17, 15) is 0 Å². The molecule has 0 aromatic heterocycles. The number of hydrogen-bond acceptors (Lipinski definition) is 0. The van der Waals surface area contributed by atoms with Gasteiger partial charge < -0.3 is 0 Å². The van der Waals surface area contributed by atoms with Crippen LogP contribution in [0.2, 0.25) is 0 Å². The molecule has 0 bridgehead atoms. The molecule has 0 aromatic carbocycles. The van der Waals surface area contributed by atoms with E-state index in [1.807, 2.05) is 0 Å². The Hall–Kier alpha value is 2.98. The molecule has 0 aliphatic heterocycles. The molecule has 0 amide bonds. The van der Waals surface area contributed by atoms with Gasteiger partial charge in [0.25, 0.3) is 0 Å². The van der Waals surface area contributed by atoms with Crippen molar-refractivity contribution in [3.63, 3.8) is 0 Å². The van der Waals surface area contributed by atoms with E-state index in [0.717, 1.165) is 0 Å². The summed E-state index contributed by atoms with van der Waals surface area (Å²) in [5, 5.41) is 0. The zero-order chi connectivity index (χ0) is 3.58. The third kappa shape index (κ3) is 8.88. The summed E-state index contributed by atoms with van der Waals surface area (Å²) in [6, 6.07) is 0. The molecule has 0 nitrogen and oxygen atoms in total. The Bertz CT molecular complexity index is 8.00. The van der Waals surface area contributed by atoms with E-state index >= 15 is 0 Å². The molecule has 0 atom stereocenters. The number of hydrogen-bond donors (Lipinski definition) is 0. The van der Waals surface area contributed by atoms with Crippen molar-refractivity contribution in [3.05, 3.63) is 0 Å². The van der Waals surface area contributed by atoms with Gasteiger partial charge in [0.1, 0.15) is 0 Å². The van der Waals surface area contributed by atoms with Crippen LogP contribution in [-0.4, -0.2) is 7.72 Å². The summed E-state index contributed by atoms with van der Waals surface area (Å²) in [7, 11) is -0.447. The fraction of sp³-hybridized carbons (Fsp3) is 0. The van der Waals surface area contributed by atoms with Gasteiger partial charge in [-0.2, -0.15) is 0 Å². The molecule has 4 heteroatoms. The summed E-state index contributed by atoms with van der Waals surface area (Å²) in [5.41, 5.74) is 0. The van der Waals surface area contributed by atoms with Crippen molar-refractivity contribution in [2.45, 2.75) is 0 Å². The average molecular weight is 508 g/mol. The van der Waals surface area contributed by atoms with Crippen LogP contribution in [0.1, 0.15) is 0 Å². The van der Waals surface area contributed by atoms with E-state index in [4.69, 9.17) is 0 Å². The molecule has 0 aliphatic rings. The van der Waals surface area contributed by atoms with Gasteiger partial charge in [-0.25, -0.2) is 0 Å². The van der Waals surface area contributed by atoms with Crippen LogP contribution in [0, 0.1) is 0 Å². The van der Waals surface area contributed by atoms with Crippen LogP contribution in [0.25, 0.3) is 0 Å². The second-order valence-corrected chi connectivity index (χ2v) is 52.8. The van der Waals surface area contributed by atoms with E-state index in [-0.39, 0.29) is 0 Å². The second-order valence-electron chi connectivity index (χ2n) is 0.175. The Labute approximate surface area is 61.9 Å². The van der Waals surface area contributed by atoms with Crippen LogP contribution in [0.3, 0.4) is 0 Å². The van der Waals surface area contributed by atoms with Crippen LogP contribution < -0.4 is 0 Å². The van der Waals surface area contributed by atoms with Crippen LogP contribution in [-0.2, 0) is 0 Å². The summed E-state index contributed by atoms with van der Waals surface area (Å²) in [4.78, 5) is 0. The quantitative estimate of drug-likeness (QED) is 0.348. The van der Waals surface area contributed by atoms with Crippen molar-refractivity contribution >= 4 is 63.8 Å². The van der Waals surface area contributed by atoms with Crippen molar-refractivity contribution < 1.29 is 0 Å². The molecular formula is I3Te. The van der Waals surface area contributed by atoms with Gasteiger partial charge >= 0.3 is 63.8 Å². The van der Waals surface area contributed by atoms with E-state index in [2.05, 4.69) is 56.1 Å². The Morgan fingerprint density at radius 1 is 1.00 bits per heavy atom. The summed E-state index contributed by atoms with van der Waals surface area (Å²) < 4.78 is 0. The Morgan fingerprint density at radius 2 is 1.00 bits per heavy atom. The molecule has 0 saturated heterocycles. The normalized spacial score (nSPS) is 9.00. The first-order chi connectivity index (χ1) is 1.73. The molecule has 0 rings (SSSR count). The van der Waals surface area contributed by atoms with Crippen molar-refractivity contribution in [2.24, 2.45) is 0 Å². The molecule has 27 valence electrons. The third-order valence-corrected chi connectivity index (χ3v) is 0. The van der Waals surface area contributed by atoms with Gasteiger partial charge in [0.05, 0.1) is 0 Å². The number of rotatable bonds is 0. The van der Waals surface area contributed by atoms with E-state index < -0.39 is 7.72 Å². The fourth-order valence-corrected chi connectivity index (χ4v) is 0. The first kappa shape index (κ1) is 6.98. The van der Waals surface area contributed by atoms with Crippen LogP contribution in [0.5, 0.6) is 0 Å². The molecule has 0 spiro atoms. The molecule has 0 heterocycles. The van der Waals surface area contributed by atoms with Crippen molar-refractivity contribution in [1.82, 2.24) is 0 Å². The third-order valence-electron chi connectivity index (χ3n) is 0. The summed E-state index contributed by atoms with van der Waals surface area (Å²) in [6.07, 6.45) is 0. The minimum atomic E-state index is -0.447. The minimum absolute atomic E-state index is 0.447. The average Bonchev–Trinajstić information content (AvgIpc) is 0.811. The fourth-order valence-electron chi connectivity index (χ4n) is 0. The summed E-state index contributed by atoms with van der Waals surface area (Å²) in [6.45, 7) is 0. The van der Waals surface area contributed by atoms with Gasteiger partial charge in [-0.3, -0.25) is 0 Å². The maximum atomic E-state index is 2.49. The van der Waals surface area contributed by atoms with Gasteiger partial charge in [0.15, 0.2) is 0 Å². The van der Waals surface area contributed by atoms with Crippen molar-refractivity contribution in [3.8, 4) is 0 Å². The van der Waals surface area contributed by atoms with Gasteiger partial charge in [-0.15, -0.1) is 0 Å². The van der Waals surface area contributed by atoms with E-state index in [1.165, 1.54) is 0 Å². The van der Waals surface area contributed by atoms with E-state index in [1.54, 1.807) is 0 Å². The van der Waals surface area contributed by atoms with Crippen LogP contribution >= 0.6 is 56.1 Å². The number of halogens is 3. The van der Waals surface area contributed by atoms with Gasteiger partial charge in [0, 0.05) is 0 Å².